The van der Waals surface area contributed by atoms with E-state index in [1.165, 1.54) is 11.1 Å². The number of anilines is 1. The van der Waals surface area contributed by atoms with E-state index in [-0.39, 0.29) is 12.5 Å². The second-order valence-electron chi connectivity index (χ2n) is 8.79. The second-order valence-corrected chi connectivity index (χ2v) is 8.79. The summed E-state index contributed by atoms with van der Waals surface area (Å²) in [6, 6.07) is 17.2. The molecule has 1 N–H and O–H groups in total. The maximum Gasteiger partial charge on any atom is 0.313 e. The van der Waals surface area contributed by atoms with Crippen molar-refractivity contribution in [1.82, 2.24) is 10.3 Å². The van der Waals surface area contributed by atoms with E-state index in [4.69, 9.17) is 4.74 Å². The molecule has 0 spiro atoms. The summed E-state index contributed by atoms with van der Waals surface area (Å²) in [6.45, 7) is 5.43. The Morgan fingerprint density at radius 3 is 2.47 bits per heavy atom. The van der Waals surface area contributed by atoms with Crippen LogP contribution in [0.3, 0.4) is 0 Å². The minimum Gasteiger partial charge on any atom is -0.460 e. The highest BCUT2D eigenvalue weighted by Gasteiger charge is 2.47. The molecule has 2 atom stereocenters. The SMILES string of the molecule is CC(C)(C)OC(=O)[C@H]1CN(c2ccccc2)C(=O)[C@H]1NC(=O)c1cnc2ccccc2c1. The van der Waals surface area contributed by atoms with Gasteiger partial charge in [-0.2, -0.15) is 0 Å². The number of pyridine rings is 1. The third kappa shape index (κ3) is 4.46. The van der Waals surface area contributed by atoms with Crippen LogP contribution in [-0.2, 0) is 14.3 Å². The summed E-state index contributed by atoms with van der Waals surface area (Å²) in [5.41, 5.74) is 1.03. The van der Waals surface area contributed by atoms with Crippen LogP contribution in [0.1, 0.15) is 31.1 Å². The Labute approximate surface area is 186 Å². The monoisotopic (exact) mass is 431 g/mol. The third-order valence-corrected chi connectivity index (χ3v) is 5.23. The smallest absolute Gasteiger partial charge is 0.313 e. The average molecular weight is 431 g/mol. The number of rotatable bonds is 4. The van der Waals surface area contributed by atoms with Crippen LogP contribution >= 0.6 is 0 Å². The molecule has 164 valence electrons. The first kappa shape index (κ1) is 21.5. The van der Waals surface area contributed by atoms with Crippen LogP contribution in [-0.4, -0.2) is 41.0 Å². The van der Waals surface area contributed by atoms with Gasteiger partial charge in [0.15, 0.2) is 0 Å². The first-order chi connectivity index (χ1) is 15.2. The quantitative estimate of drug-likeness (QED) is 0.640. The lowest BCUT2D eigenvalue weighted by Crippen LogP contribution is -2.47. The zero-order valence-electron chi connectivity index (χ0n) is 18.2. The Morgan fingerprint density at radius 1 is 1.06 bits per heavy atom. The normalized spacial score (nSPS) is 18.6. The summed E-state index contributed by atoms with van der Waals surface area (Å²) in [6.07, 6.45) is 1.47. The zero-order chi connectivity index (χ0) is 22.9. The molecule has 0 saturated carbocycles. The maximum absolute atomic E-state index is 13.3. The number of carbonyl (C=O) groups is 3. The van der Waals surface area contributed by atoms with Crippen molar-refractivity contribution in [3.8, 4) is 0 Å². The van der Waals surface area contributed by atoms with E-state index in [0.29, 0.717) is 11.3 Å². The van der Waals surface area contributed by atoms with Crippen molar-refractivity contribution in [3.05, 3.63) is 72.4 Å². The van der Waals surface area contributed by atoms with Crippen LogP contribution in [0.15, 0.2) is 66.9 Å². The van der Waals surface area contributed by atoms with Gasteiger partial charge >= 0.3 is 5.97 Å². The first-order valence-corrected chi connectivity index (χ1v) is 10.5. The van der Waals surface area contributed by atoms with Crippen molar-refractivity contribution < 1.29 is 19.1 Å². The number of ether oxygens (including phenoxy) is 1. The van der Waals surface area contributed by atoms with Crippen molar-refractivity contribution in [2.24, 2.45) is 5.92 Å². The number of amides is 2. The predicted molar refractivity (Wildman–Crippen MR) is 121 cm³/mol. The number of nitrogens with zero attached hydrogens (tertiary/aromatic N) is 2. The second kappa shape index (κ2) is 8.42. The molecule has 1 aliphatic heterocycles. The van der Waals surface area contributed by atoms with E-state index in [1.807, 2.05) is 42.5 Å². The summed E-state index contributed by atoms with van der Waals surface area (Å²) in [4.78, 5) is 45.0. The van der Waals surface area contributed by atoms with E-state index in [2.05, 4.69) is 10.3 Å². The van der Waals surface area contributed by atoms with Crippen LogP contribution in [0.25, 0.3) is 10.9 Å². The van der Waals surface area contributed by atoms with Crippen LogP contribution in [0.2, 0.25) is 0 Å². The van der Waals surface area contributed by atoms with Crippen LogP contribution in [0.4, 0.5) is 5.69 Å². The van der Waals surface area contributed by atoms with Crippen LogP contribution in [0.5, 0.6) is 0 Å². The van der Waals surface area contributed by atoms with E-state index in [1.54, 1.807) is 39.0 Å². The molecule has 32 heavy (non-hydrogen) atoms. The molecule has 0 radical (unpaired) electrons. The van der Waals surface area contributed by atoms with Gasteiger partial charge in [-0.1, -0.05) is 36.4 Å². The molecule has 0 aliphatic carbocycles. The minimum atomic E-state index is -1.04. The minimum absolute atomic E-state index is 0.124. The molecule has 1 fully saturated rings. The van der Waals surface area contributed by atoms with Crippen molar-refractivity contribution in [2.45, 2.75) is 32.4 Å². The van der Waals surface area contributed by atoms with Gasteiger partial charge < -0.3 is 15.0 Å². The maximum atomic E-state index is 13.3. The van der Waals surface area contributed by atoms with Crippen LogP contribution < -0.4 is 10.2 Å². The summed E-state index contributed by atoms with van der Waals surface area (Å²) in [5.74, 6) is -2.18. The standard InChI is InChI=1S/C25H25N3O4/c1-25(2,3)32-24(31)19-15-28(18-10-5-4-6-11-18)23(30)21(19)27-22(29)17-13-16-9-7-8-12-20(16)26-14-17/h4-14,19,21H,15H2,1-3H3,(H,27,29)/t19-,21-/m0/s1. The Balaban J connectivity index is 1.62. The molecule has 2 heterocycles. The summed E-state index contributed by atoms with van der Waals surface area (Å²) in [5, 5.41) is 3.57. The molecule has 2 aromatic carbocycles. The molecule has 1 aromatic heterocycles. The number of carbonyl (C=O) groups excluding carboxylic acids is 3. The average Bonchev–Trinajstić information content (AvgIpc) is 3.09. The summed E-state index contributed by atoms with van der Waals surface area (Å²) >= 11 is 0. The van der Waals surface area contributed by atoms with Crippen molar-refractivity contribution in [3.63, 3.8) is 0 Å². The highest BCUT2D eigenvalue weighted by atomic mass is 16.6. The van der Waals surface area contributed by atoms with Gasteiger partial charge in [-0.15, -0.1) is 0 Å². The lowest BCUT2D eigenvalue weighted by molar-refractivity contribution is -0.160. The molecule has 0 unspecified atom stereocenters. The largest absolute Gasteiger partial charge is 0.460 e. The molecule has 4 rings (SSSR count). The van der Waals surface area contributed by atoms with Crippen LogP contribution in [0, 0.1) is 5.92 Å². The number of nitrogens with one attached hydrogen (secondary N) is 1. The Hall–Kier alpha value is -3.74. The van der Waals surface area contributed by atoms with Crippen molar-refractivity contribution in [2.75, 3.05) is 11.4 Å². The number of benzene rings is 2. The molecule has 7 nitrogen and oxygen atoms in total. The number of para-hydroxylation sites is 2. The van der Waals surface area contributed by atoms with Gasteiger partial charge in [0.05, 0.1) is 11.1 Å². The van der Waals surface area contributed by atoms with E-state index >= 15 is 0 Å². The van der Waals surface area contributed by atoms with Gasteiger partial charge in [0.2, 0.25) is 0 Å². The Morgan fingerprint density at radius 2 is 1.75 bits per heavy atom. The van der Waals surface area contributed by atoms with Gasteiger partial charge in [0.1, 0.15) is 17.6 Å². The number of esters is 1. The Bertz CT molecular complexity index is 1170. The molecule has 2 amide bonds. The van der Waals surface area contributed by atoms with Crippen molar-refractivity contribution >= 4 is 34.4 Å². The fourth-order valence-electron chi connectivity index (χ4n) is 3.74. The molecule has 1 aliphatic rings. The zero-order valence-corrected chi connectivity index (χ0v) is 18.2. The molecule has 0 bridgehead atoms. The third-order valence-electron chi connectivity index (χ3n) is 5.23. The first-order valence-electron chi connectivity index (χ1n) is 10.5. The number of hydrogen-bond acceptors (Lipinski definition) is 5. The molecule has 1 saturated heterocycles. The van der Waals surface area contributed by atoms with Gasteiger partial charge in [0.25, 0.3) is 11.8 Å². The Kier molecular flexibility index (Phi) is 5.65. The van der Waals surface area contributed by atoms with Gasteiger partial charge in [-0.05, 0) is 45.0 Å². The number of aromatic nitrogens is 1. The highest BCUT2D eigenvalue weighted by Crippen LogP contribution is 2.28. The fourth-order valence-corrected chi connectivity index (χ4v) is 3.74. The topological polar surface area (TPSA) is 88.6 Å². The van der Waals surface area contributed by atoms with E-state index in [0.717, 1.165) is 10.9 Å². The van der Waals surface area contributed by atoms with Gasteiger partial charge in [0, 0.05) is 23.8 Å². The van der Waals surface area contributed by atoms with Crippen molar-refractivity contribution in [1.29, 1.82) is 0 Å². The molecular formula is C25H25N3O4. The summed E-state index contributed by atoms with van der Waals surface area (Å²) < 4.78 is 5.55. The van der Waals surface area contributed by atoms with Gasteiger partial charge in [-0.3, -0.25) is 19.4 Å². The van der Waals surface area contributed by atoms with E-state index in [9.17, 15) is 14.4 Å². The van der Waals surface area contributed by atoms with E-state index < -0.39 is 29.4 Å². The molecule has 3 aromatic rings. The molecule has 7 heteroatoms. The number of fused-ring (bicyclic) bond motifs is 1. The predicted octanol–water partition coefficient (Wildman–Crippen LogP) is 3.34. The fraction of sp³-hybridized carbons (Fsp3) is 0.280. The summed E-state index contributed by atoms with van der Waals surface area (Å²) in [7, 11) is 0. The lowest BCUT2D eigenvalue weighted by atomic mass is 10.0. The van der Waals surface area contributed by atoms with Gasteiger partial charge in [-0.25, -0.2) is 0 Å². The number of hydrogen-bond donors (Lipinski definition) is 1. The lowest BCUT2D eigenvalue weighted by Gasteiger charge is -2.24. The highest BCUT2D eigenvalue weighted by molar-refractivity contribution is 6.07. The molecular weight excluding hydrogens is 406 g/mol.